The number of hydrogen-bond acceptors (Lipinski definition) is 7. The standard InChI is InChI=1S/C29H36N6OS2/c1-29(2,3)19-9-10-20-23(17-19)38-27-25(20)26(30-18-31-27)35-14-12-34(13-15-35)24(36)11-16-37-28-32-21-7-5-6-8-22(21)33(28)4/h5-8,18-19H,9-17H2,1-4H3. The first-order valence-corrected chi connectivity index (χ1v) is 15.4. The molecule has 1 aliphatic heterocycles. The van der Waals surface area contributed by atoms with Crippen LogP contribution < -0.4 is 4.90 Å². The molecule has 6 rings (SSSR count). The Labute approximate surface area is 232 Å². The number of carbonyl (C=O) groups is 1. The lowest BCUT2D eigenvalue weighted by atomic mass is 9.72. The second-order valence-electron chi connectivity index (χ2n) is 11.6. The molecule has 1 amide bonds. The summed E-state index contributed by atoms with van der Waals surface area (Å²) in [6, 6.07) is 8.15. The van der Waals surface area contributed by atoms with Crippen LogP contribution in [0.5, 0.6) is 0 Å². The Morgan fingerprint density at radius 1 is 1.13 bits per heavy atom. The van der Waals surface area contributed by atoms with E-state index in [2.05, 4.69) is 41.3 Å². The number of aryl methyl sites for hydroxylation is 2. The normalized spacial score (nSPS) is 18.4. The van der Waals surface area contributed by atoms with E-state index in [0.29, 0.717) is 17.8 Å². The third-order valence-corrected chi connectivity index (χ3v) is 10.5. The van der Waals surface area contributed by atoms with Gasteiger partial charge in [0, 0.05) is 50.3 Å². The van der Waals surface area contributed by atoms with E-state index in [1.54, 1.807) is 18.1 Å². The highest BCUT2D eigenvalue weighted by molar-refractivity contribution is 7.99. The van der Waals surface area contributed by atoms with Crippen LogP contribution >= 0.6 is 23.1 Å². The molecule has 0 bridgehead atoms. The van der Waals surface area contributed by atoms with Crippen LogP contribution in [-0.4, -0.2) is 62.3 Å². The molecule has 38 heavy (non-hydrogen) atoms. The fourth-order valence-electron chi connectivity index (χ4n) is 5.88. The SMILES string of the molecule is Cn1c(SCCC(=O)N2CCN(c3ncnc4sc5c(c34)CCC(C(C)(C)C)C5)CC2)nc2ccccc21. The summed E-state index contributed by atoms with van der Waals surface area (Å²) in [7, 11) is 2.04. The molecule has 4 heterocycles. The number of carbonyl (C=O) groups excluding carboxylic acids is 1. The predicted molar refractivity (Wildman–Crippen MR) is 157 cm³/mol. The maximum Gasteiger partial charge on any atom is 0.223 e. The topological polar surface area (TPSA) is 67.2 Å². The Bertz CT molecular complexity index is 1480. The number of anilines is 1. The van der Waals surface area contributed by atoms with E-state index in [0.717, 1.165) is 71.6 Å². The van der Waals surface area contributed by atoms with Gasteiger partial charge in [-0.2, -0.15) is 0 Å². The Kier molecular flexibility index (Phi) is 6.84. The van der Waals surface area contributed by atoms with E-state index in [4.69, 9.17) is 9.97 Å². The van der Waals surface area contributed by atoms with Crippen LogP contribution in [0.1, 0.15) is 44.1 Å². The molecule has 1 unspecified atom stereocenters. The number of para-hydroxylation sites is 2. The fraction of sp³-hybridized carbons (Fsp3) is 0.517. The van der Waals surface area contributed by atoms with Gasteiger partial charge in [-0.1, -0.05) is 44.7 Å². The molecule has 1 aliphatic carbocycles. The highest BCUT2D eigenvalue weighted by Crippen LogP contribution is 2.44. The summed E-state index contributed by atoms with van der Waals surface area (Å²) in [5.74, 6) is 2.74. The monoisotopic (exact) mass is 548 g/mol. The summed E-state index contributed by atoms with van der Waals surface area (Å²) >= 11 is 3.52. The van der Waals surface area contributed by atoms with Crippen LogP contribution in [0.2, 0.25) is 0 Å². The van der Waals surface area contributed by atoms with Gasteiger partial charge < -0.3 is 14.4 Å². The first kappa shape index (κ1) is 25.6. The molecule has 1 saturated heterocycles. The van der Waals surface area contributed by atoms with Crippen molar-refractivity contribution in [2.45, 2.75) is 51.6 Å². The third kappa shape index (κ3) is 4.79. The number of benzene rings is 1. The van der Waals surface area contributed by atoms with Gasteiger partial charge in [0.25, 0.3) is 0 Å². The minimum Gasteiger partial charge on any atom is -0.352 e. The van der Waals surface area contributed by atoms with Crippen molar-refractivity contribution in [3.8, 4) is 0 Å². The van der Waals surface area contributed by atoms with Crippen molar-refractivity contribution in [2.75, 3.05) is 36.8 Å². The van der Waals surface area contributed by atoms with E-state index in [1.165, 1.54) is 22.2 Å². The van der Waals surface area contributed by atoms with E-state index in [-0.39, 0.29) is 5.91 Å². The molecule has 0 spiro atoms. The summed E-state index contributed by atoms with van der Waals surface area (Å²) in [4.78, 5) is 34.1. The fourth-order valence-corrected chi connectivity index (χ4v) is 8.06. The lowest BCUT2D eigenvalue weighted by molar-refractivity contribution is -0.131. The quantitative estimate of drug-likeness (QED) is 0.304. The lowest BCUT2D eigenvalue weighted by Crippen LogP contribution is -2.49. The van der Waals surface area contributed by atoms with Crippen molar-refractivity contribution in [1.29, 1.82) is 0 Å². The maximum absolute atomic E-state index is 13.0. The van der Waals surface area contributed by atoms with Gasteiger partial charge in [-0.05, 0) is 48.3 Å². The minimum atomic E-state index is 0.227. The van der Waals surface area contributed by atoms with Crippen molar-refractivity contribution in [2.24, 2.45) is 18.4 Å². The molecule has 3 aromatic heterocycles. The predicted octanol–water partition coefficient (Wildman–Crippen LogP) is 5.56. The van der Waals surface area contributed by atoms with Crippen LogP contribution in [-0.2, 0) is 24.7 Å². The van der Waals surface area contributed by atoms with Crippen molar-refractivity contribution in [3.05, 3.63) is 41.0 Å². The van der Waals surface area contributed by atoms with Gasteiger partial charge >= 0.3 is 0 Å². The van der Waals surface area contributed by atoms with E-state index < -0.39 is 0 Å². The zero-order valence-corrected chi connectivity index (χ0v) is 24.4. The maximum atomic E-state index is 13.0. The van der Waals surface area contributed by atoms with Crippen molar-refractivity contribution < 1.29 is 4.79 Å². The summed E-state index contributed by atoms with van der Waals surface area (Å²) in [5.41, 5.74) is 3.92. The smallest absolute Gasteiger partial charge is 0.223 e. The zero-order valence-electron chi connectivity index (χ0n) is 22.7. The van der Waals surface area contributed by atoms with Crippen LogP contribution in [0.25, 0.3) is 21.3 Å². The van der Waals surface area contributed by atoms with Crippen LogP contribution in [0, 0.1) is 11.3 Å². The number of rotatable bonds is 5. The Balaban J connectivity index is 1.08. The molecule has 0 N–H and O–H groups in total. The van der Waals surface area contributed by atoms with Gasteiger partial charge in [0.05, 0.1) is 16.4 Å². The van der Waals surface area contributed by atoms with Crippen LogP contribution in [0.15, 0.2) is 35.7 Å². The van der Waals surface area contributed by atoms with E-state index in [1.807, 2.05) is 41.5 Å². The number of nitrogens with zero attached hydrogens (tertiary/aromatic N) is 6. The second kappa shape index (κ2) is 10.2. The van der Waals surface area contributed by atoms with Crippen LogP contribution in [0.4, 0.5) is 5.82 Å². The molecule has 200 valence electrons. The highest BCUT2D eigenvalue weighted by Gasteiger charge is 2.33. The van der Waals surface area contributed by atoms with Crippen LogP contribution in [0.3, 0.4) is 0 Å². The first-order chi connectivity index (χ1) is 18.3. The van der Waals surface area contributed by atoms with Gasteiger partial charge in [0.15, 0.2) is 5.16 Å². The largest absolute Gasteiger partial charge is 0.352 e. The Morgan fingerprint density at radius 3 is 2.68 bits per heavy atom. The minimum absolute atomic E-state index is 0.227. The zero-order chi connectivity index (χ0) is 26.4. The average molecular weight is 549 g/mol. The number of aromatic nitrogens is 4. The molecular weight excluding hydrogens is 512 g/mol. The van der Waals surface area contributed by atoms with Crippen molar-refractivity contribution in [1.82, 2.24) is 24.4 Å². The molecule has 0 radical (unpaired) electrons. The molecule has 1 aromatic carbocycles. The number of fused-ring (bicyclic) bond motifs is 4. The lowest BCUT2D eigenvalue weighted by Gasteiger charge is -2.36. The molecule has 1 fully saturated rings. The summed E-state index contributed by atoms with van der Waals surface area (Å²) in [5, 5.41) is 2.23. The molecule has 4 aromatic rings. The first-order valence-electron chi connectivity index (χ1n) is 13.6. The second-order valence-corrected chi connectivity index (χ2v) is 13.7. The van der Waals surface area contributed by atoms with E-state index >= 15 is 0 Å². The highest BCUT2D eigenvalue weighted by atomic mass is 32.2. The summed E-state index contributed by atoms with van der Waals surface area (Å²) in [6.07, 6.45) is 5.73. The van der Waals surface area contributed by atoms with Gasteiger partial charge in [0.1, 0.15) is 17.0 Å². The number of hydrogen-bond donors (Lipinski definition) is 0. The number of piperazine rings is 1. The molecule has 9 heteroatoms. The Morgan fingerprint density at radius 2 is 1.92 bits per heavy atom. The van der Waals surface area contributed by atoms with Gasteiger partial charge in [-0.3, -0.25) is 4.79 Å². The van der Waals surface area contributed by atoms with Crippen molar-refractivity contribution >= 4 is 56.1 Å². The van der Waals surface area contributed by atoms with Gasteiger partial charge in [-0.15, -0.1) is 11.3 Å². The number of thiophene rings is 1. The molecule has 7 nitrogen and oxygen atoms in total. The molecule has 0 saturated carbocycles. The number of imidazole rings is 1. The van der Waals surface area contributed by atoms with Crippen molar-refractivity contribution in [3.63, 3.8) is 0 Å². The summed E-state index contributed by atoms with van der Waals surface area (Å²) < 4.78 is 2.11. The number of amides is 1. The molecule has 2 aliphatic rings. The number of thioether (sulfide) groups is 1. The summed E-state index contributed by atoms with van der Waals surface area (Å²) in [6.45, 7) is 10.2. The van der Waals surface area contributed by atoms with Gasteiger partial charge in [-0.25, -0.2) is 15.0 Å². The third-order valence-electron chi connectivity index (χ3n) is 8.28. The average Bonchev–Trinajstić information content (AvgIpc) is 3.45. The van der Waals surface area contributed by atoms with Gasteiger partial charge in [0.2, 0.25) is 5.91 Å². The van der Waals surface area contributed by atoms with E-state index in [9.17, 15) is 4.79 Å². The molecule has 1 atom stereocenters. The molecular formula is C29H36N6OS2. The Hall–Kier alpha value is -2.65.